The highest BCUT2D eigenvalue weighted by Crippen LogP contribution is 2.26. The van der Waals surface area contributed by atoms with Crippen molar-refractivity contribution in [2.45, 2.75) is 30.9 Å². The number of amides is 2. The summed E-state index contributed by atoms with van der Waals surface area (Å²) in [6.45, 7) is 0.587. The molecule has 2 heterocycles. The van der Waals surface area contributed by atoms with Crippen LogP contribution in [0, 0.1) is 0 Å². The van der Waals surface area contributed by atoms with Crippen molar-refractivity contribution in [1.29, 1.82) is 0 Å². The number of nitrogens with zero attached hydrogens (tertiary/aromatic N) is 1. The van der Waals surface area contributed by atoms with Gasteiger partial charge in [0, 0.05) is 18.5 Å². The number of anilines is 1. The van der Waals surface area contributed by atoms with E-state index in [1.54, 1.807) is 0 Å². The molecule has 0 unspecified atom stereocenters. The summed E-state index contributed by atoms with van der Waals surface area (Å²) in [7, 11) is 1.91. The minimum atomic E-state index is -0.838. The quantitative estimate of drug-likeness (QED) is 0.541. The average Bonchev–Trinajstić information content (AvgIpc) is 3.28. The fourth-order valence-corrected chi connectivity index (χ4v) is 3.96. The molecule has 4 atom stereocenters. The lowest BCUT2D eigenvalue weighted by Crippen LogP contribution is -2.49. The first-order chi connectivity index (χ1) is 13.1. The van der Waals surface area contributed by atoms with Crippen molar-refractivity contribution in [1.82, 2.24) is 10.2 Å². The predicted molar refractivity (Wildman–Crippen MR) is 112 cm³/mol. The van der Waals surface area contributed by atoms with E-state index in [-0.39, 0.29) is 37.6 Å². The standard InChI is InChI=1S/C19H25N3O4S.ClH/c1-22(10-13-5-3-2-4-6-13)17-15(26-16(11-23)18(17)24)9-20-19(25)21-14-7-8-27-12-14;/h2-8,12,15-18,23-24H,9-11H2,1H3,(H2,20,21,25);1H/t15-,16+,17+,18-;/m1./s1. The van der Waals surface area contributed by atoms with Gasteiger partial charge in [-0.25, -0.2) is 4.79 Å². The van der Waals surface area contributed by atoms with E-state index in [4.69, 9.17) is 4.74 Å². The smallest absolute Gasteiger partial charge is 0.319 e. The largest absolute Gasteiger partial charge is 0.394 e. The molecule has 1 aromatic heterocycles. The third kappa shape index (κ3) is 5.66. The van der Waals surface area contributed by atoms with Crippen LogP contribution in [0.5, 0.6) is 0 Å². The Balaban J connectivity index is 0.00000280. The molecule has 0 saturated carbocycles. The van der Waals surface area contributed by atoms with Gasteiger partial charge in [-0.1, -0.05) is 30.3 Å². The molecule has 4 N–H and O–H groups in total. The molecule has 3 rings (SSSR count). The number of benzene rings is 1. The van der Waals surface area contributed by atoms with Crippen molar-refractivity contribution in [3.05, 3.63) is 52.7 Å². The molecule has 2 aromatic rings. The first kappa shape index (κ1) is 22.6. The molecule has 0 aliphatic carbocycles. The zero-order chi connectivity index (χ0) is 19.2. The number of ether oxygens (including phenoxy) is 1. The molecule has 0 radical (unpaired) electrons. The minimum Gasteiger partial charge on any atom is -0.394 e. The van der Waals surface area contributed by atoms with E-state index in [1.807, 2.05) is 59.1 Å². The number of thiophene rings is 1. The van der Waals surface area contributed by atoms with Gasteiger partial charge < -0.3 is 25.6 Å². The number of aliphatic hydroxyl groups excluding tert-OH is 2. The average molecular weight is 428 g/mol. The summed E-state index contributed by atoms with van der Waals surface area (Å²) in [6.07, 6.45) is -1.94. The van der Waals surface area contributed by atoms with Crippen LogP contribution in [0.2, 0.25) is 0 Å². The van der Waals surface area contributed by atoms with Crippen LogP contribution < -0.4 is 10.6 Å². The van der Waals surface area contributed by atoms with E-state index < -0.39 is 18.3 Å². The molecule has 7 nitrogen and oxygen atoms in total. The summed E-state index contributed by atoms with van der Waals surface area (Å²) >= 11 is 1.50. The lowest BCUT2D eigenvalue weighted by atomic mass is 10.0. The molecule has 1 aromatic carbocycles. The number of likely N-dealkylation sites (N-methyl/N-ethyl adjacent to an activating group) is 1. The van der Waals surface area contributed by atoms with E-state index in [0.29, 0.717) is 6.54 Å². The second kappa shape index (κ2) is 10.8. The fourth-order valence-electron chi connectivity index (χ4n) is 3.37. The van der Waals surface area contributed by atoms with Gasteiger partial charge >= 0.3 is 6.03 Å². The maximum atomic E-state index is 12.1. The van der Waals surface area contributed by atoms with E-state index in [0.717, 1.165) is 11.3 Å². The molecule has 1 fully saturated rings. The molecule has 2 amide bonds. The van der Waals surface area contributed by atoms with Crippen LogP contribution in [0.4, 0.5) is 10.5 Å². The van der Waals surface area contributed by atoms with Gasteiger partial charge in [-0.2, -0.15) is 11.3 Å². The molecule has 1 aliphatic rings. The molecule has 0 spiro atoms. The van der Waals surface area contributed by atoms with E-state index in [9.17, 15) is 15.0 Å². The maximum Gasteiger partial charge on any atom is 0.319 e. The van der Waals surface area contributed by atoms with Gasteiger partial charge in [-0.15, -0.1) is 12.4 Å². The minimum absolute atomic E-state index is 0. The van der Waals surface area contributed by atoms with E-state index in [1.165, 1.54) is 11.3 Å². The summed E-state index contributed by atoms with van der Waals surface area (Å²) in [6, 6.07) is 11.1. The van der Waals surface area contributed by atoms with Gasteiger partial charge in [0.1, 0.15) is 12.2 Å². The van der Waals surface area contributed by atoms with Crippen molar-refractivity contribution in [3.8, 4) is 0 Å². The SMILES string of the molecule is CN(Cc1ccccc1)[C@@H]1[C@H](O)[C@H](CO)O[C@@H]1CNC(=O)Nc1ccsc1.Cl. The van der Waals surface area contributed by atoms with Crippen molar-refractivity contribution >= 4 is 35.5 Å². The Morgan fingerprint density at radius 1 is 1.25 bits per heavy atom. The Morgan fingerprint density at radius 3 is 2.64 bits per heavy atom. The highest BCUT2D eigenvalue weighted by molar-refractivity contribution is 7.08. The highest BCUT2D eigenvalue weighted by Gasteiger charge is 2.45. The van der Waals surface area contributed by atoms with Crippen LogP contribution in [0.3, 0.4) is 0 Å². The third-order valence-electron chi connectivity index (χ3n) is 4.67. The van der Waals surface area contributed by atoms with Crippen LogP contribution in [0.25, 0.3) is 0 Å². The van der Waals surface area contributed by atoms with E-state index >= 15 is 0 Å². The van der Waals surface area contributed by atoms with E-state index in [2.05, 4.69) is 10.6 Å². The van der Waals surface area contributed by atoms with Crippen LogP contribution in [-0.2, 0) is 11.3 Å². The normalized spacial score (nSPS) is 24.0. The Hall–Kier alpha value is -1.68. The number of halogens is 1. The third-order valence-corrected chi connectivity index (χ3v) is 5.35. The number of rotatable bonds is 7. The summed E-state index contributed by atoms with van der Waals surface area (Å²) in [5, 5.41) is 29.3. The van der Waals surface area contributed by atoms with Gasteiger partial charge in [0.05, 0.1) is 24.4 Å². The van der Waals surface area contributed by atoms with Gasteiger partial charge in [0.15, 0.2) is 0 Å². The zero-order valence-electron chi connectivity index (χ0n) is 15.5. The Kier molecular flexibility index (Phi) is 8.68. The molecular formula is C19H26ClN3O4S. The summed E-state index contributed by atoms with van der Waals surface area (Å²) < 4.78 is 5.80. The summed E-state index contributed by atoms with van der Waals surface area (Å²) in [5.41, 5.74) is 1.84. The molecule has 1 saturated heterocycles. The lowest BCUT2D eigenvalue weighted by Gasteiger charge is -2.30. The Labute approximate surface area is 174 Å². The Morgan fingerprint density at radius 2 is 2.00 bits per heavy atom. The highest BCUT2D eigenvalue weighted by atomic mass is 35.5. The number of hydrogen-bond acceptors (Lipinski definition) is 6. The monoisotopic (exact) mass is 427 g/mol. The maximum absolute atomic E-state index is 12.1. The summed E-state index contributed by atoms with van der Waals surface area (Å²) in [5.74, 6) is 0. The van der Waals surface area contributed by atoms with Crippen molar-refractivity contribution < 1.29 is 19.7 Å². The number of carbonyl (C=O) groups is 1. The van der Waals surface area contributed by atoms with Crippen LogP contribution in [-0.4, -0.2) is 65.7 Å². The lowest BCUT2D eigenvalue weighted by molar-refractivity contribution is -0.0205. The van der Waals surface area contributed by atoms with Crippen LogP contribution in [0.15, 0.2) is 47.2 Å². The van der Waals surface area contributed by atoms with Gasteiger partial charge in [-0.05, 0) is 24.1 Å². The number of carbonyl (C=O) groups excluding carboxylic acids is 1. The van der Waals surface area contributed by atoms with Gasteiger partial charge in [0.2, 0.25) is 0 Å². The van der Waals surface area contributed by atoms with Gasteiger partial charge in [0.25, 0.3) is 0 Å². The number of urea groups is 1. The first-order valence-electron chi connectivity index (χ1n) is 8.84. The molecule has 9 heteroatoms. The second-order valence-electron chi connectivity index (χ2n) is 6.62. The molecule has 154 valence electrons. The van der Waals surface area contributed by atoms with Crippen LogP contribution in [0.1, 0.15) is 5.56 Å². The Bertz CT molecular complexity index is 719. The molecule has 1 aliphatic heterocycles. The first-order valence-corrected chi connectivity index (χ1v) is 9.78. The van der Waals surface area contributed by atoms with Crippen molar-refractivity contribution in [2.24, 2.45) is 0 Å². The zero-order valence-corrected chi connectivity index (χ0v) is 17.2. The molecular weight excluding hydrogens is 402 g/mol. The number of aliphatic hydroxyl groups is 2. The predicted octanol–water partition coefficient (Wildman–Crippen LogP) is 1.91. The number of hydrogen-bond donors (Lipinski definition) is 4. The molecule has 28 heavy (non-hydrogen) atoms. The topological polar surface area (TPSA) is 94.1 Å². The van der Waals surface area contributed by atoms with Gasteiger partial charge in [-0.3, -0.25) is 4.90 Å². The summed E-state index contributed by atoms with van der Waals surface area (Å²) in [4.78, 5) is 14.1. The second-order valence-corrected chi connectivity index (χ2v) is 7.40. The van der Waals surface area contributed by atoms with Crippen LogP contribution >= 0.6 is 23.7 Å². The van der Waals surface area contributed by atoms with Crippen molar-refractivity contribution in [2.75, 3.05) is 25.5 Å². The number of nitrogens with one attached hydrogen (secondary N) is 2. The molecule has 0 bridgehead atoms. The fraction of sp³-hybridized carbons (Fsp3) is 0.421. The van der Waals surface area contributed by atoms with Crippen molar-refractivity contribution in [3.63, 3.8) is 0 Å².